The highest BCUT2D eigenvalue weighted by molar-refractivity contribution is 6.31. The Labute approximate surface area is 191 Å². The SMILES string of the molecule is Cc1noc2nc(CCC(=O)NCc3ccc(F)cc3Cl)nc(N3C[C@@H](C)C[C@H](C)C3)c12. The molecule has 0 saturated carbocycles. The van der Waals surface area contributed by atoms with Gasteiger partial charge in [-0.2, -0.15) is 4.98 Å². The Kier molecular flexibility index (Phi) is 6.60. The zero-order valence-electron chi connectivity index (χ0n) is 18.5. The van der Waals surface area contributed by atoms with Crippen molar-refractivity contribution >= 4 is 34.4 Å². The van der Waals surface area contributed by atoms with Crippen LogP contribution in [0.2, 0.25) is 5.02 Å². The molecule has 1 fully saturated rings. The fourth-order valence-corrected chi connectivity index (χ4v) is 4.59. The van der Waals surface area contributed by atoms with Gasteiger partial charge in [-0.1, -0.05) is 36.7 Å². The third-order valence-corrected chi connectivity index (χ3v) is 6.12. The summed E-state index contributed by atoms with van der Waals surface area (Å²) in [7, 11) is 0. The van der Waals surface area contributed by atoms with E-state index < -0.39 is 5.82 Å². The lowest BCUT2D eigenvalue weighted by Crippen LogP contribution is -2.39. The van der Waals surface area contributed by atoms with Crippen LogP contribution >= 0.6 is 11.6 Å². The third-order valence-electron chi connectivity index (χ3n) is 5.77. The zero-order valence-corrected chi connectivity index (χ0v) is 19.2. The summed E-state index contributed by atoms with van der Waals surface area (Å²) in [4.78, 5) is 24.0. The Balaban J connectivity index is 1.46. The van der Waals surface area contributed by atoms with Crippen LogP contribution < -0.4 is 10.2 Å². The van der Waals surface area contributed by atoms with Crippen LogP contribution in [0.1, 0.15) is 43.8 Å². The summed E-state index contributed by atoms with van der Waals surface area (Å²) in [6.45, 7) is 8.45. The summed E-state index contributed by atoms with van der Waals surface area (Å²) in [5, 5.41) is 8.02. The Morgan fingerprint density at radius 3 is 2.75 bits per heavy atom. The molecular weight excluding hydrogens is 433 g/mol. The number of nitrogens with zero attached hydrogens (tertiary/aromatic N) is 4. The van der Waals surface area contributed by atoms with E-state index in [1.54, 1.807) is 6.07 Å². The predicted molar refractivity (Wildman–Crippen MR) is 121 cm³/mol. The maximum atomic E-state index is 13.2. The molecule has 4 rings (SSSR count). The Hall–Kier alpha value is -2.74. The molecule has 1 aliphatic heterocycles. The number of nitrogens with one attached hydrogen (secondary N) is 1. The largest absolute Gasteiger partial charge is 0.355 e. The van der Waals surface area contributed by atoms with Gasteiger partial charge < -0.3 is 14.7 Å². The summed E-state index contributed by atoms with van der Waals surface area (Å²) < 4.78 is 18.6. The first-order valence-corrected chi connectivity index (χ1v) is 11.3. The first kappa shape index (κ1) is 22.5. The first-order valence-electron chi connectivity index (χ1n) is 10.9. The molecule has 32 heavy (non-hydrogen) atoms. The third kappa shape index (κ3) is 5.01. The normalized spacial score (nSPS) is 18.8. The molecule has 1 aromatic carbocycles. The molecule has 3 aromatic rings. The molecule has 0 radical (unpaired) electrons. The van der Waals surface area contributed by atoms with Crippen LogP contribution in [0, 0.1) is 24.6 Å². The molecule has 1 N–H and O–H groups in total. The number of fused-ring (bicyclic) bond motifs is 1. The topological polar surface area (TPSA) is 84.1 Å². The zero-order chi connectivity index (χ0) is 22.8. The number of carbonyl (C=O) groups is 1. The number of rotatable bonds is 6. The fraction of sp³-hybridized carbons (Fsp3) is 0.478. The molecule has 0 spiro atoms. The second-order valence-corrected chi connectivity index (χ2v) is 9.18. The number of aromatic nitrogens is 3. The van der Waals surface area contributed by atoms with Gasteiger partial charge >= 0.3 is 0 Å². The van der Waals surface area contributed by atoms with Gasteiger partial charge in [0.1, 0.15) is 22.8 Å². The fourth-order valence-electron chi connectivity index (χ4n) is 4.36. The van der Waals surface area contributed by atoms with E-state index in [1.807, 2.05) is 6.92 Å². The number of aryl methyl sites for hydroxylation is 2. The summed E-state index contributed by atoms with van der Waals surface area (Å²) >= 11 is 6.02. The van der Waals surface area contributed by atoms with Gasteiger partial charge in [0.05, 0.1) is 5.69 Å². The number of piperidine rings is 1. The minimum Gasteiger partial charge on any atom is -0.355 e. The number of hydrogen-bond donors (Lipinski definition) is 1. The quantitative estimate of drug-likeness (QED) is 0.586. The molecule has 9 heteroatoms. The van der Waals surface area contributed by atoms with Crippen molar-refractivity contribution < 1.29 is 13.7 Å². The molecule has 1 amide bonds. The monoisotopic (exact) mass is 459 g/mol. The van der Waals surface area contributed by atoms with E-state index >= 15 is 0 Å². The first-order chi connectivity index (χ1) is 15.3. The molecule has 0 bridgehead atoms. The number of anilines is 1. The Morgan fingerprint density at radius 1 is 1.28 bits per heavy atom. The van der Waals surface area contributed by atoms with Crippen molar-refractivity contribution in [3.63, 3.8) is 0 Å². The van der Waals surface area contributed by atoms with Crippen LogP contribution in [-0.2, 0) is 17.8 Å². The second kappa shape index (κ2) is 9.40. The van der Waals surface area contributed by atoms with E-state index in [4.69, 9.17) is 21.1 Å². The number of halogens is 2. The minimum absolute atomic E-state index is 0.162. The second-order valence-electron chi connectivity index (χ2n) is 8.78. The van der Waals surface area contributed by atoms with Crippen LogP contribution in [0.5, 0.6) is 0 Å². The maximum absolute atomic E-state index is 13.2. The predicted octanol–water partition coefficient (Wildman–Crippen LogP) is 4.45. The van der Waals surface area contributed by atoms with Crippen LogP contribution in [0.3, 0.4) is 0 Å². The highest BCUT2D eigenvalue weighted by Gasteiger charge is 2.27. The van der Waals surface area contributed by atoms with Crippen molar-refractivity contribution in [3.05, 3.63) is 46.1 Å². The van der Waals surface area contributed by atoms with Gasteiger partial charge in [0, 0.05) is 37.5 Å². The van der Waals surface area contributed by atoms with Gasteiger partial charge in [0.25, 0.3) is 5.71 Å². The summed E-state index contributed by atoms with van der Waals surface area (Å²) in [6, 6.07) is 4.11. The van der Waals surface area contributed by atoms with Crippen molar-refractivity contribution in [3.8, 4) is 0 Å². The van der Waals surface area contributed by atoms with E-state index in [-0.39, 0.29) is 23.9 Å². The average Bonchev–Trinajstić information content (AvgIpc) is 3.11. The average molecular weight is 460 g/mol. The minimum atomic E-state index is -0.409. The molecule has 3 heterocycles. The molecule has 2 atom stereocenters. The van der Waals surface area contributed by atoms with Crippen LogP contribution in [-0.4, -0.2) is 34.1 Å². The number of amides is 1. The van der Waals surface area contributed by atoms with Crippen LogP contribution in [0.25, 0.3) is 11.1 Å². The van der Waals surface area contributed by atoms with E-state index in [1.165, 1.54) is 18.6 Å². The summed E-state index contributed by atoms with van der Waals surface area (Å²) in [5.74, 6) is 1.94. The smallest absolute Gasteiger partial charge is 0.263 e. The van der Waals surface area contributed by atoms with Gasteiger partial charge in [-0.25, -0.2) is 9.37 Å². The maximum Gasteiger partial charge on any atom is 0.263 e. The molecule has 170 valence electrons. The highest BCUT2D eigenvalue weighted by atomic mass is 35.5. The van der Waals surface area contributed by atoms with Crippen molar-refractivity contribution in [1.82, 2.24) is 20.4 Å². The van der Waals surface area contributed by atoms with Gasteiger partial charge in [0.2, 0.25) is 5.91 Å². The summed E-state index contributed by atoms with van der Waals surface area (Å²) in [5.41, 5.74) is 1.88. The number of carbonyl (C=O) groups excluding carboxylic acids is 1. The van der Waals surface area contributed by atoms with Crippen molar-refractivity contribution in [2.75, 3.05) is 18.0 Å². The van der Waals surface area contributed by atoms with Gasteiger partial charge in [-0.15, -0.1) is 0 Å². The summed E-state index contributed by atoms with van der Waals surface area (Å²) in [6.07, 6.45) is 1.77. The van der Waals surface area contributed by atoms with E-state index in [0.717, 1.165) is 30.0 Å². The van der Waals surface area contributed by atoms with E-state index in [0.29, 0.717) is 35.4 Å². The molecule has 0 aliphatic carbocycles. The van der Waals surface area contributed by atoms with Gasteiger partial charge in [0.15, 0.2) is 0 Å². The van der Waals surface area contributed by atoms with E-state index in [9.17, 15) is 9.18 Å². The van der Waals surface area contributed by atoms with Crippen molar-refractivity contribution in [1.29, 1.82) is 0 Å². The molecule has 1 saturated heterocycles. The number of hydrogen-bond acceptors (Lipinski definition) is 6. The number of benzene rings is 1. The lowest BCUT2D eigenvalue weighted by Gasteiger charge is -2.36. The molecule has 0 unspecified atom stereocenters. The van der Waals surface area contributed by atoms with Gasteiger partial charge in [-0.3, -0.25) is 4.79 Å². The standard InChI is InChI=1S/C23H27ClFN5O2/c1-13-8-14(2)12-30(11-13)22-21-15(3)29-32-23(21)28-19(27-22)6-7-20(31)26-10-16-4-5-17(25)9-18(16)24/h4-5,9,13-14H,6-8,10-12H2,1-3H3,(H,26,31)/t13-,14-/m0/s1. The van der Waals surface area contributed by atoms with Crippen LogP contribution in [0.15, 0.2) is 22.7 Å². The lowest BCUT2D eigenvalue weighted by molar-refractivity contribution is -0.121. The molecule has 2 aromatic heterocycles. The lowest BCUT2D eigenvalue weighted by atomic mass is 9.92. The highest BCUT2D eigenvalue weighted by Crippen LogP contribution is 2.32. The Bertz CT molecular complexity index is 1130. The Morgan fingerprint density at radius 2 is 2.03 bits per heavy atom. The van der Waals surface area contributed by atoms with Gasteiger partial charge in [-0.05, 0) is 42.9 Å². The van der Waals surface area contributed by atoms with E-state index in [2.05, 4.69) is 34.2 Å². The molecule has 1 aliphatic rings. The van der Waals surface area contributed by atoms with Crippen molar-refractivity contribution in [2.45, 2.75) is 46.6 Å². The molecule has 7 nitrogen and oxygen atoms in total. The van der Waals surface area contributed by atoms with Crippen LogP contribution in [0.4, 0.5) is 10.2 Å². The molecular formula is C23H27ClFN5O2. The van der Waals surface area contributed by atoms with Crippen molar-refractivity contribution in [2.24, 2.45) is 11.8 Å².